The maximum Gasteiger partial charge on any atom is 0.266 e. The summed E-state index contributed by atoms with van der Waals surface area (Å²) >= 11 is 6.87. The lowest BCUT2D eigenvalue weighted by Gasteiger charge is -2.31. The molecular weight excluding hydrogens is 402 g/mol. The van der Waals surface area contributed by atoms with Crippen molar-refractivity contribution in [3.05, 3.63) is 21.1 Å². The highest BCUT2D eigenvalue weighted by Crippen LogP contribution is 2.35. The fraction of sp³-hybridized carbons (Fsp3) is 0.385. The van der Waals surface area contributed by atoms with Gasteiger partial charge in [0.15, 0.2) is 0 Å². The van der Waals surface area contributed by atoms with Gasteiger partial charge >= 0.3 is 0 Å². The average molecular weight is 417 g/mol. The van der Waals surface area contributed by atoms with E-state index in [9.17, 15) is 0 Å². The molecule has 0 amide bonds. The third-order valence-corrected chi connectivity index (χ3v) is 4.64. The van der Waals surface area contributed by atoms with Crippen LogP contribution in [-0.4, -0.2) is 48.3 Å². The standard InChI is InChI=1S/C13H15Br2N5O/c1-19-2-4-20(5-3-19)13-17-12(21-18-13)9-6-8(14)7-10(15)11(9)16/h6-7H,2-5,16H2,1H3. The van der Waals surface area contributed by atoms with Crippen LogP contribution < -0.4 is 10.6 Å². The Hall–Kier alpha value is -1.12. The number of hydrogen-bond donors (Lipinski definition) is 1. The molecule has 0 spiro atoms. The van der Waals surface area contributed by atoms with Crippen LogP contribution in [0.4, 0.5) is 11.6 Å². The van der Waals surface area contributed by atoms with Gasteiger partial charge in [0.1, 0.15) is 0 Å². The first-order valence-corrected chi connectivity index (χ1v) is 8.15. The molecule has 1 saturated heterocycles. The molecule has 0 radical (unpaired) electrons. The number of hydrogen-bond acceptors (Lipinski definition) is 6. The van der Waals surface area contributed by atoms with Crippen LogP contribution in [0.1, 0.15) is 0 Å². The van der Waals surface area contributed by atoms with E-state index < -0.39 is 0 Å². The van der Waals surface area contributed by atoms with Crippen LogP contribution in [0.2, 0.25) is 0 Å². The summed E-state index contributed by atoms with van der Waals surface area (Å²) in [7, 11) is 2.11. The van der Waals surface area contributed by atoms with E-state index in [0.717, 1.165) is 40.7 Å². The summed E-state index contributed by atoms with van der Waals surface area (Å²) in [5, 5.41) is 4.08. The van der Waals surface area contributed by atoms with E-state index in [2.05, 4.69) is 58.8 Å². The minimum Gasteiger partial charge on any atom is -0.397 e. The second-order valence-electron chi connectivity index (χ2n) is 5.04. The van der Waals surface area contributed by atoms with Crippen molar-refractivity contribution in [3.63, 3.8) is 0 Å². The molecule has 112 valence electrons. The lowest BCUT2D eigenvalue weighted by molar-refractivity contribution is 0.309. The molecule has 1 aromatic carbocycles. The molecule has 2 heterocycles. The van der Waals surface area contributed by atoms with Gasteiger partial charge in [-0.3, -0.25) is 0 Å². The second kappa shape index (κ2) is 5.94. The molecule has 21 heavy (non-hydrogen) atoms. The fourth-order valence-corrected chi connectivity index (χ4v) is 3.45. The molecule has 1 aliphatic rings. The van der Waals surface area contributed by atoms with Crippen LogP contribution in [0.5, 0.6) is 0 Å². The molecule has 2 aromatic rings. The summed E-state index contributed by atoms with van der Waals surface area (Å²) in [6.07, 6.45) is 0. The van der Waals surface area contributed by atoms with Crippen LogP contribution in [0.3, 0.4) is 0 Å². The number of rotatable bonds is 2. The molecule has 0 atom stereocenters. The maximum atomic E-state index is 6.07. The first kappa shape index (κ1) is 14.8. The third-order valence-electron chi connectivity index (χ3n) is 3.53. The number of nitrogen functional groups attached to an aromatic ring is 1. The highest BCUT2D eigenvalue weighted by molar-refractivity contribution is 9.11. The Labute approximate surface area is 139 Å². The number of anilines is 2. The van der Waals surface area contributed by atoms with Crippen molar-refractivity contribution >= 4 is 43.5 Å². The van der Waals surface area contributed by atoms with Crippen molar-refractivity contribution in [1.29, 1.82) is 0 Å². The maximum absolute atomic E-state index is 6.07. The molecule has 6 nitrogen and oxygen atoms in total. The van der Waals surface area contributed by atoms with Crippen molar-refractivity contribution in [1.82, 2.24) is 15.0 Å². The topological polar surface area (TPSA) is 71.4 Å². The number of likely N-dealkylation sites (N-methyl/N-ethyl adjacent to an activating group) is 1. The largest absolute Gasteiger partial charge is 0.397 e. The summed E-state index contributed by atoms with van der Waals surface area (Å²) in [4.78, 5) is 8.88. The van der Waals surface area contributed by atoms with Gasteiger partial charge in [-0.2, -0.15) is 4.98 Å². The molecule has 1 aliphatic heterocycles. The van der Waals surface area contributed by atoms with Crippen molar-refractivity contribution in [3.8, 4) is 11.5 Å². The normalized spacial score (nSPS) is 16.4. The molecule has 3 rings (SSSR count). The Morgan fingerprint density at radius 1 is 1.19 bits per heavy atom. The average Bonchev–Trinajstić information content (AvgIpc) is 2.93. The summed E-state index contributed by atoms with van der Waals surface area (Å²) in [6.45, 7) is 3.78. The predicted octanol–water partition coefficient (Wildman–Crippen LogP) is 2.60. The highest BCUT2D eigenvalue weighted by atomic mass is 79.9. The Kier molecular flexibility index (Phi) is 4.19. The Morgan fingerprint density at radius 2 is 1.90 bits per heavy atom. The van der Waals surface area contributed by atoms with Crippen LogP contribution >= 0.6 is 31.9 Å². The van der Waals surface area contributed by atoms with Gasteiger partial charge in [0.25, 0.3) is 11.8 Å². The van der Waals surface area contributed by atoms with Gasteiger partial charge in [-0.25, -0.2) is 0 Å². The molecule has 0 saturated carbocycles. The molecule has 0 aliphatic carbocycles. The number of halogens is 2. The van der Waals surface area contributed by atoms with E-state index in [-0.39, 0.29) is 0 Å². The van der Waals surface area contributed by atoms with Gasteiger partial charge in [0.2, 0.25) is 0 Å². The van der Waals surface area contributed by atoms with E-state index in [1.165, 1.54) is 0 Å². The fourth-order valence-electron chi connectivity index (χ4n) is 2.22. The smallest absolute Gasteiger partial charge is 0.266 e. The summed E-state index contributed by atoms with van der Waals surface area (Å²) in [5.41, 5.74) is 7.39. The Bertz CT molecular complexity index is 652. The lowest BCUT2D eigenvalue weighted by atomic mass is 10.2. The molecule has 0 unspecified atom stereocenters. The van der Waals surface area contributed by atoms with Crippen LogP contribution in [0, 0.1) is 0 Å². The van der Waals surface area contributed by atoms with Crippen LogP contribution in [0.25, 0.3) is 11.5 Å². The van der Waals surface area contributed by atoms with E-state index in [0.29, 0.717) is 17.5 Å². The first-order valence-electron chi connectivity index (χ1n) is 6.56. The van der Waals surface area contributed by atoms with E-state index in [1.807, 2.05) is 12.1 Å². The molecule has 8 heteroatoms. The van der Waals surface area contributed by atoms with Crippen molar-refractivity contribution in [2.24, 2.45) is 0 Å². The minimum absolute atomic E-state index is 0.434. The Balaban J connectivity index is 1.88. The van der Waals surface area contributed by atoms with Crippen molar-refractivity contribution in [2.45, 2.75) is 0 Å². The summed E-state index contributed by atoms with van der Waals surface area (Å²) in [5.74, 6) is 1.05. The number of aromatic nitrogens is 2. The zero-order chi connectivity index (χ0) is 15.0. The second-order valence-corrected chi connectivity index (χ2v) is 6.81. The zero-order valence-electron chi connectivity index (χ0n) is 11.5. The van der Waals surface area contributed by atoms with Gasteiger partial charge in [0.05, 0.1) is 11.3 Å². The van der Waals surface area contributed by atoms with E-state index in [1.54, 1.807) is 0 Å². The Morgan fingerprint density at radius 3 is 2.62 bits per heavy atom. The SMILES string of the molecule is CN1CCN(c2noc(-c3cc(Br)cc(Br)c3N)n2)CC1. The van der Waals surface area contributed by atoms with E-state index >= 15 is 0 Å². The number of benzene rings is 1. The van der Waals surface area contributed by atoms with Gasteiger partial charge in [-0.05, 0) is 40.3 Å². The predicted molar refractivity (Wildman–Crippen MR) is 89.3 cm³/mol. The number of nitrogens with zero attached hydrogens (tertiary/aromatic N) is 4. The van der Waals surface area contributed by atoms with Crippen LogP contribution in [-0.2, 0) is 0 Å². The number of piperazine rings is 1. The third kappa shape index (κ3) is 3.07. The van der Waals surface area contributed by atoms with Gasteiger partial charge in [0, 0.05) is 35.1 Å². The molecule has 1 aromatic heterocycles. The van der Waals surface area contributed by atoms with Gasteiger partial charge in [-0.1, -0.05) is 15.9 Å². The van der Waals surface area contributed by atoms with Crippen molar-refractivity contribution < 1.29 is 4.52 Å². The molecular formula is C13H15Br2N5O. The summed E-state index contributed by atoms with van der Waals surface area (Å²) in [6, 6.07) is 3.76. The quantitative estimate of drug-likeness (QED) is 0.758. The first-order chi connectivity index (χ1) is 10.0. The highest BCUT2D eigenvalue weighted by Gasteiger charge is 2.21. The molecule has 1 fully saturated rings. The summed E-state index contributed by atoms with van der Waals surface area (Å²) < 4.78 is 7.08. The van der Waals surface area contributed by atoms with Crippen LogP contribution in [0.15, 0.2) is 25.6 Å². The molecule has 2 N–H and O–H groups in total. The van der Waals surface area contributed by atoms with Gasteiger partial charge in [-0.15, -0.1) is 0 Å². The monoisotopic (exact) mass is 415 g/mol. The van der Waals surface area contributed by atoms with Crippen molar-refractivity contribution in [2.75, 3.05) is 43.9 Å². The zero-order valence-corrected chi connectivity index (χ0v) is 14.7. The van der Waals surface area contributed by atoms with E-state index in [4.69, 9.17) is 10.3 Å². The minimum atomic E-state index is 0.434. The number of nitrogens with two attached hydrogens (primary N) is 1. The molecule has 0 bridgehead atoms. The lowest BCUT2D eigenvalue weighted by Crippen LogP contribution is -2.44. The van der Waals surface area contributed by atoms with Gasteiger partial charge < -0.3 is 20.1 Å².